The van der Waals surface area contributed by atoms with E-state index in [2.05, 4.69) is 13.8 Å². The standard InChI is InChI=1S/C12H23ClN2O2S/c1-12(2)6-8-14(10-12)18(16,17)15-7-4-3-5-11(15)9-13/h11H,3-10H2,1-2H3. The molecule has 6 heteroatoms. The molecule has 4 nitrogen and oxygen atoms in total. The minimum Gasteiger partial charge on any atom is -0.195 e. The molecule has 1 unspecified atom stereocenters. The third kappa shape index (κ3) is 2.84. The van der Waals surface area contributed by atoms with Crippen LogP contribution in [0.5, 0.6) is 0 Å². The van der Waals surface area contributed by atoms with Crippen molar-refractivity contribution < 1.29 is 8.42 Å². The summed E-state index contributed by atoms with van der Waals surface area (Å²) in [5.74, 6) is 0.399. The van der Waals surface area contributed by atoms with Crippen LogP contribution in [0.15, 0.2) is 0 Å². The molecule has 2 heterocycles. The molecule has 0 aromatic carbocycles. The zero-order valence-electron chi connectivity index (χ0n) is 11.2. The third-order valence-corrected chi connectivity index (χ3v) is 6.41. The first-order valence-corrected chi connectivity index (χ1v) is 8.63. The molecule has 2 aliphatic rings. The number of hydrogen-bond donors (Lipinski definition) is 0. The van der Waals surface area contributed by atoms with Crippen molar-refractivity contribution in [3.63, 3.8) is 0 Å². The van der Waals surface area contributed by atoms with Gasteiger partial charge in [0.05, 0.1) is 0 Å². The number of alkyl halides is 1. The van der Waals surface area contributed by atoms with Gasteiger partial charge in [-0.05, 0) is 24.7 Å². The van der Waals surface area contributed by atoms with E-state index in [9.17, 15) is 8.42 Å². The predicted molar refractivity (Wildman–Crippen MR) is 74.0 cm³/mol. The van der Waals surface area contributed by atoms with Crippen LogP contribution in [0.25, 0.3) is 0 Å². The highest BCUT2D eigenvalue weighted by Gasteiger charge is 2.41. The van der Waals surface area contributed by atoms with E-state index < -0.39 is 10.2 Å². The fourth-order valence-corrected chi connectivity index (χ4v) is 5.29. The summed E-state index contributed by atoms with van der Waals surface area (Å²) in [5, 5.41) is 0. The second-order valence-corrected chi connectivity index (χ2v) is 8.36. The van der Waals surface area contributed by atoms with Crippen molar-refractivity contribution in [3.05, 3.63) is 0 Å². The van der Waals surface area contributed by atoms with Gasteiger partial charge in [-0.2, -0.15) is 17.0 Å². The molecule has 1 atom stereocenters. The lowest BCUT2D eigenvalue weighted by atomic mass is 9.93. The van der Waals surface area contributed by atoms with Gasteiger partial charge in [-0.25, -0.2) is 0 Å². The Bertz CT molecular complexity index is 397. The van der Waals surface area contributed by atoms with Gasteiger partial charge in [-0.3, -0.25) is 0 Å². The SMILES string of the molecule is CC1(C)CCN(S(=O)(=O)N2CCCCC2CCl)C1. The van der Waals surface area contributed by atoms with E-state index in [0.717, 1.165) is 25.7 Å². The van der Waals surface area contributed by atoms with Gasteiger partial charge in [0.25, 0.3) is 10.2 Å². The van der Waals surface area contributed by atoms with Crippen LogP contribution in [0.2, 0.25) is 0 Å². The molecule has 2 aliphatic heterocycles. The highest BCUT2D eigenvalue weighted by atomic mass is 35.5. The van der Waals surface area contributed by atoms with E-state index in [1.807, 2.05) is 0 Å². The number of halogens is 1. The van der Waals surface area contributed by atoms with E-state index in [0.29, 0.717) is 25.5 Å². The first-order valence-electron chi connectivity index (χ1n) is 6.70. The van der Waals surface area contributed by atoms with Crippen molar-refractivity contribution in [2.75, 3.05) is 25.5 Å². The summed E-state index contributed by atoms with van der Waals surface area (Å²) in [6.07, 6.45) is 3.85. The van der Waals surface area contributed by atoms with Crippen LogP contribution < -0.4 is 0 Å². The molecule has 18 heavy (non-hydrogen) atoms. The predicted octanol–water partition coefficient (Wildman–Crippen LogP) is 2.06. The molecule has 0 bridgehead atoms. The molecular weight excluding hydrogens is 272 g/mol. The second-order valence-electron chi connectivity index (χ2n) is 6.17. The van der Waals surface area contributed by atoms with Gasteiger partial charge in [-0.15, -0.1) is 11.6 Å². The van der Waals surface area contributed by atoms with Crippen molar-refractivity contribution >= 4 is 21.8 Å². The maximum Gasteiger partial charge on any atom is 0.282 e. The molecule has 0 saturated carbocycles. The Morgan fingerprint density at radius 1 is 1.28 bits per heavy atom. The van der Waals surface area contributed by atoms with E-state index in [4.69, 9.17) is 11.6 Å². The van der Waals surface area contributed by atoms with Crippen LogP contribution in [0.1, 0.15) is 39.5 Å². The summed E-state index contributed by atoms with van der Waals surface area (Å²) in [4.78, 5) is 0. The summed E-state index contributed by atoms with van der Waals surface area (Å²) >= 11 is 5.92. The summed E-state index contributed by atoms with van der Waals surface area (Å²) in [5.41, 5.74) is 0.0965. The number of rotatable bonds is 3. The maximum atomic E-state index is 12.6. The minimum atomic E-state index is -3.31. The zero-order chi connectivity index (χ0) is 13.4. The number of piperidine rings is 1. The molecule has 0 aromatic rings. The Balaban J connectivity index is 2.15. The third-order valence-electron chi connectivity index (χ3n) is 4.02. The average Bonchev–Trinajstić information content (AvgIpc) is 2.70. The summed E-state index contributed by atoms with van der Waals surface area (Å²) in [7, 11) is -3.31. The molecule has 2 rings (SSSR count). The highest BCUT2D eigenvalue weighted by molar-refractivity contribution is 7.86. The molecule has 0 spiro atoms. The van der Waals surface area contributed by atoms with Gasteiger partial charge in [0.1, 0.15) is 0 Å². The molecule has 0 aromatic heterocycles. The topological polar surface area (TPSA) is 40.6 Å². The Labute approximate surface area is 115 Å². The lowest BCUT2D eigenvalue weighted by molar-refractivity contribution is 0.249. The Morgan fingerprint density at radius 2 is 2.00 bits per heavy atom. The quantitative estimate of drug-likeness (QED) is 0.748. The van der Waals surface area contributed by atoms with Crippen molar-refractivity contribution in [3.8, 4) is 0 Å². The largest absolute Gasteiger partial charge is 0.282 e. The van der Waals surface area contributed by atoms with Gasteiger partial charge < -0.3 is 0 Å². The second kappa shape index (κ2) is 5.27. The smallest absolute Gasteiger partial charge is 0.195 e. The Kier molecular flexibility index (Phi) is 4.26. The van der Waals surface area contributed by atoms with Crippen molar-refractivity contribution in [2.45, 2.75) is 45.6 Å². The monoisotopic (exact) mass is 294 g/mol. The maximum absolute atomic E-state index is 12.6. The molecule has 2 fully saturated rings. The Hall–Kier alpha value is 0.160. The summed E-state index contributed by atoms with van der Waals surface area (Å²) < 4.78 is 28.5. The van der Waals surface area contributed by atoms with Gasteiger partial charge in [0.2, 0.25) is 0 Å². The highest BCUT2D eigenvalue weighted by Crippen LogP contribution is 2.33. The van der Waals surface area contributed by atoms with E-state index >= 15 is 0 Å². The molecule has 0 aliphatic carbocycles. The Morgan fingerprint density at radius 3 is 2.56 bits per heavy atom. The van der Waals surface area contributed by atoms with Crippen LogP contribution in [0, 0.1) is 5.41 Å². The van der Waals surface area contributed by atoms with E-state index in [1.54, 1.807) is 8.61 Å². The van der Waals surface area contributed by atoms with Gasteiger partial charge >= 0.3 is 0 Å². The van der Waals surface area contributed by atoms with Crippen molar-refractivity contribution in [2.24, 2.45) is 5.41 Å². The van der Waals surface area contributed by atoms with Gasteiger partial charge in [-0.1, -0.05) is 20.3 Å². The molecule has 106 valence electrons. The van der Waals surface area contributed by atoms with Crippen LogP contribution in [0.3, 0.4) is 0 Å². The summed E-state index contributed by atoms with van der Waals surface area (Å²) in [6, 6.07) is -0.0193. The zero-order valence-corrected chi connectivity index (χ0v) is 12.8. The van der Waals surface area contributed by atoms with Crippen molar-refractivity contribution in [1.29, 1.82) is 0 Å². The van der Waals surface area contributed by atoms with Gasteiger partial charge in [0, 0.05) is 31.6 Å². The summed E-state index contributed by atoms with van der Waals surface area (Å²) in [6.45, 7) is 6.13. The van der Waals surface area contributed by atoms with Gasteiger partial charge in [0.15, 0.2) is 0 Å². The van der Waals surface area contributed by atoms with Crippen molar-refractivity contribution in [1.82, 2.24) is 8.61 Å². The average molecular weight is 295 g/mol. The van der Waals surface area contributed by atoms with E-state index in [-0.39, 0.29) is 11.5 Å². The lowest BCUT2D eigenvalue weighted by Crippen LogP contribution is -2.51. The van der Waals surface area contributed by atoms with Crippen LogP contribution in [0.4, 0.5) is 0 Å². The van der Waals surface area contributed by atoms with Crippen LogP contribution >= 0.6 is 11.6 Å². The number of hydrogen-bond acceptors (Lipinski definition) is 2. The van der Waals surface area contributed by atoms with Crippen LogP contribution in [-0.4, -0.2) is 48.6 Å². The first kappa shape index (κ1) is 14.6. The molecule has 2 saturated heterocycles. The minimum absolute atomic E-state index is 0.0193. The lowest BCUT2D eigenvalue weighted by Gasteiger charge is -2.36. The molecule has 0 radical (unpaired) electrons. The molecule has 0 N–H and O–H groups in total. The normalized spacial score (nSPS) is 30.7. The molecule has 0 amide bonds. The number of nitrogens with zero attached hydrogens (tertiary/aromatic N) is 2. The first-order chi connectivity index (χ1) is 8.37. The van der Waals surface area contributed by atoms with Crippen LogP contribution in [-0.2, 0) is 10.2 Å². The molecular formula is C12H23ClN2O2S. The fourth-order valence-electron chi connectivity index (χ4n) is 2.84. The fraction of sp³-hybridized carbons (Fsp3) is 1.00. The van der Waals surface area contributed by atoms with E-state index in [1.165, 1.54) is 0 Å².